The van der Waals surface area contributed by atoms with E-state index in [1.807, 2.05) is 26.0 Å². The Labute approximate surface area is 205 Å². The Morgan fingerprint density at radius 3 is 2.41 bits per heavy atom. The maximum Gasteiger partial charge on any atom is 0.250 e. The summed E-state index contributed by atoms with van der Waals surface area (Å²) in [6.45, 7) is 5.10. The lowest BCUT2D eigenvalue weighted by atomic mass is 9.84. The predicted molar refractivity (Wildman–Crippen MR) is 134 cm³/mol. The molecule has 3 rings (SSSR count). The Bertz CT molecular complexity index is 1330. The van der Waals surface area contributed by atoms with Gasteiger partial charge in [-0.25, -0.2) is 8.42 Å². The van der Waals surface area contributed by atoms with E-state index in [-0.39, 0.29) is 28.6 Å². The first kappa shape index (κ1) is 25.9. The Hall–Kier alpha value is -2.74. The summed E-state index contributed by atoms with van der Waals surface area (Å²) in [5.74, 6) is -0.445. The van der Waals surface area contributed by atoms with Gasteiger partial charge in [0.2, 0.25) is 0 Å². The molecule has 6 nitrogen and oxygen atoms in total. The maximum atomic E-state index is 13.3. The minimum Gasteiger partial charge on any atom is -0.380 e. The molecule has 8 heteroatoms. The van der Waals surface area contributed by atoms with E-state index in [0.29, 0.717) is 30.3 Å². The number of ketones is 1. The zero-order chi connectivity index (χ0) is 24.9. The molecule has 0 aliphatic carbocycles. The van der Waals surface area contributed by atoms with Crippen LogP contribution >= 0.6 is 11.6 Å². The molecular formula is C26H28ClNO5S. The highest BCUT2D eigenvalue weighted by molar-refractivity contribution is 7.90. The van der Waals surface area contributed by atoms with Gasteiger partial charge in [0.05, 0.1) is 11.5 Å². The highest BCUT2D eigenvalue weighted by Gasteiger charge is 2.22. The van der Waals surface area contributed by atoms with Crippen molar-refractivity contribution in [3.8, 4) is 0 Å². The van der Waals surface area contributed by atoms with Crippen LogP contribution in [0.3, 0.4) is 0 Å². The minimum absolute atomic E-state index is 0.128. The lowest BCUT2D eigenvalue weighted by Gasteiger charge is -2.20. The van der Waals surface area contributed by atoms with Crippen molar-refractivity contribution in [2.75, 3.05) is 19.5 Å². The van der Waals surface area contributed by atoms with Crippen LogP contribution < -0.4 is 5.56 Å². The third-order valence-electron chi connectivity index (χ3n) is 5.69. The zero-order valence-electron chi connectivity index (χ0n) is 19.5. The molecule has 0 saturated heterocycles. The van der Waals surface area contributed by atoms with E-state index in [4.69, 9.17) is 16.3 Å². The van der Waals surface area contributed by atoms with Gasteiger partial charge in [-0.15, -0.1) is 0 Å². The molecule has 0 fully saturated rings. The first-order valence-corrected chi connectivity index (χ1v) is 13.2. The maximum absolute atomic E-state index is 13.3. The number of halogens is 1. The molecule has 180 valence electrons. The molecule has 0 saturated carbocycles. The number of pyridine rings is 1. The Morgan fingerprint density at radius 1 is 1.09 bits per heavy atom. The first-order valence-electron chi connectivity index (χ1n) is 11.0. The number of sulfone groups is 1. The fourth-order valence-electron chi connectivity index (χ4n) is 3.87. The molecule has 0 N–H and O–H groups in total. The number of rotatable bonds is 10. The van der Waals surface area contributed by atoms with Crippen LogP contribution in [0.2, 0.25) is 5.02 Å². The average molecular weight is 502 g/mol. The third kappa shape index (κ3) is 6.44. The average Bonchev–Trinajstić information content (AvgIpc) is 2.78. The number of ether oxygens (including phenoxy) is 1. The van der Waals surface area contributed by atoms with E-state index in [1.54, 1.807) is 42.6 Å². The summed E-state index contributed by atoms with van der Waals surface area (Å²) in [6.07, 6.45) is 2.87. The van der Waals surface area contributed by atoms with Crippen molar-refractivity contribution in [2.24, 2.45) is 0 Å². The van der Waals surface area contributed by atoms with Crippen molar-refractivity contribution in [2.45, 2.75) is 37.6 Å². The van der Waals surface area contributed by atoms with E-state index in [9.17, 15) is 18.0 Å². The predicted octanol–water partition coefficient (Wildman–Crippen LogP) is 4.66. The molecule has 1 aromatic heterocycles. The normalized spacial score (nSPS) is 12.5. The fraction of sp³-hybridized carbons (Fsp3) is 0.308. The summed E-state index contributed by atoms with van der Waals surface area (Å²) in [5, 5.41) is 0.597. The van der Waals surface area contributed by atoms with Gasteiger partial charge < -0.3 is 9.30 Å². The Kier molecular flexibility index (Phi) is 8.47. The van der Waals surface area contributed by atoms with Crippen molar-refractivity contribution in [3.05, 3.63) is 98.4 Å². The molecule has 0 bridgehead atoms. The number of aromatic nitrogens is 1. The summed E-state index contributed by atoms with van der Waals surface area (Å²) in [4.78, 5) is 25.7. The lowest BCUT2D eigenvalue weighted by molar-refractivity contribution is 0.0976. The van der Waals surface area contributed by atoms with Crippen molar-refractivity contribution < 1.29 is 17.9 Å². The van der Waals surface area contributed by atoms with Crippen molar-refractivity contribution in [3.63, 3.8) is 0 Å². The third-order valence-corrected chi connectivity index (χ3v) is 7.06. The van der Waals surface area contributed by atoms with Crippen molar-refractivity contribution in [1.29, 1.82) is 0 Å². The first-order chi connectivity index (χ1) is 16.1. The second-order valence-electron chi connectivity index (χ2n) is 8.17. The van der Waals surface area contributed by atoms with Crippen LogP contribution in [0.25, 0.3) is 0 Å². The summed E-state index contributed by atoms with van der Waals surface area (Å²) in [6, 6.07) is 15.0. The van der Waals surface area contributed by atoms with Crippen LogP contribution in [0.4, 0.5) is 0 Å². The van der Waals surface area contributed by atoms with E-state index in [2.05, 4.69) is 0 Å². The van der Waals surface area contributed by atoms with Crippen LogP contribution in [0.5, 0.6) is 0 Å². The molecule has 1 unspecified atom stereocenters. The monoisotopic (exact) mass is 501 g/mol. The second kappa shape index (κ2) is 11.1. The molecule has 0 aliphatic heterocycles. The fourth-order valence-corrected chi connectivity index (χ4v) is 4.72. The molecule has 1 atom stereocenters. The SMILES string of the molecule is CCOCCn1cc(C(=O)CC(c2ccc(S(C)(=O)=O)cc2)c2ccc(Cl)cc2C)ccc1=O. The van der Waals surface area contributed by atoms with Crippen LogP contribution in [-0.2, 0) is 21.1 Å². The van der Waals surface area contributed by atoms with Gasteiger partial charge in [0, 0.05) is 54.6 Å². The van der Waals surface area contributed by atoms with Gasteiger partial charge in [0.1, 0.15) is 0 Å². The number of aryl methyl sites for hydroxylation is 1. The lowest BCUT2D eigenvalue weighted by Crippen LogP contribution is -2.23. The zero-order valence-corrected chi connectivity index (χ0v) is 21.0. The molecule has 0 radical (unpaired) electrons. The van der Waals surface area contributed by atoms with E-state index in [0.717, 1.165) is 22.9 Å². The summed E-state index contributed by atoms with van der Waals surface area (Å²) in [5.41, 5.74) is 2.91. The van der Waals surface area contributed by atoms with Gasteiger partial charge in [-0.3, -0.25) is 9.59 Å². The van der Waals surface area contributed by atoms with Crippen molar-refractivity contribution in [1.82, 2.24) is 4.57 Å². The quantitative estimate of drug-likeness (QED) is 0.298. The number of hydrogen-bond donors (Lipinski definition) is 0. The largest absolute Gasteiger partial charge is 0.380 e. The van der Waals surface area contributed by atoms with Crippen molar-refractivity contribution >= 4 is 27.2 Å². The number of carbonyl (C=O) groups is 1. The van der Waals surface area contributed by atoms with Crippen LogP contribution in [-0.4, -0.2) is 38.2 Å². The van der Waals surface area contributed by atoms with Gasteiger partial charge in [-0.05, 0) is 60.9 Å². The molecule has 2 aromatic carbocycles. The molecule has 34 heavy (non-hydrogen) atoms. The van der Waals surface area contributed by atoms with Gasteiger partial charge in [0.25, 0.3) is 5.56 Å². The minimum atomic E-state index is -3.34. The standard InChI is InChI=1S/C26H28ClNO5S/c1-4-33-14-13-28-17-20(7-12-26(28)30)25(29)16-24(23-11-8-21(27)15-18(23)2)19-5-9-22(10-6-19)34(3,31)32/h5-12,15,17,24H,4,13-14,16H2,1-3H3. The molecule has 1 heterocycles. The molecule has 3 aromatic rings. The summed E-state index contributed by atoms with van der Waals surface area (Å²) in [7, 11) is -3.34. The smallest absolute Gasteiger partial charge is 0.250 e. The van der Waals surface area contributed by atoms with Gasteiger partial charge in [-0.1, -0.05) is 29.8 Å². The highest BCUT2D eigenvalue weighted by atomic mass is 35.5. The molecule has 0 spiro atoms. The van der Waals surface area contributed by atoms with E-state index in [1.165, 1.54) is 10.6 Å². The summed E-state index contributed by atoms with van der Waals surface area (Å²) < 4.78 is 30.6. The Morgan fingerprint density at radius 2 is 1.79 bits per heavy atom. The van der Waals surface area contributed by atoms with Crippen LogP contribution in [0.15, 0.2) is 70.5 Å². The number of benzene rings is 2. The van der Waals surface area contributed by atoms with Gasteiger partial charge in [-0.2, -0.15) is 0 Å². The van der Waals surface area contributed by atoms with Gasteiger partial charge in [0.15, 0.2) is 15.6 Å². The molecule has 0 amide bonds. The molecule has 0 aliphatic rings. The van der Waals surface area contributed by atoms with E-state index >= 15 is 0 Å². The Balaban J connectivity index is 1.97. The second-order valence-corrected chi connectivity index (χ2v) is 10.6. The van der Waals surface area contributed by atoms with Crippen LogP contribution in [0.1, 0.15) is 46.3 Å². The highest BCUT2D eigenvalue weighted by Crippen LogP contribution is 2.33. The molecular weight excluding hydrogens is 474 g/mol. The summed E-state index contributed by atoms with van der Waals surface area (Å²) >= 11 is 6.15. The number of carbonyl (C=O) groups excluding carboxylic acids is 1. The van der Waals surface area contributed by atoms with Crippen LogP contribution in [0, 0.1) is 6.92 Å². The number of Topliss-reactive ketones (excluding diaryl/α,β-unsaturated/α-hetero) is 1. The van der Waals surface area contributed by atoms with E-state index < -0.39 is 9.84 Å². The topological polar surface area (TPSA) is 82.4 Å². The number of nitrogens with zero attached hydrogens (tertiary/aromatic N) is 1. The van der Waals surface area contributed by atoms with Gasteiger partial charge >= 0.3 is 0 Å². The number of hydrogen-bond acceptors (Lipinski definition) is 5.